The summed E-state index contributed by atoms with van der Waals surface area (Å²) >= 11 is 7.22. The number of aryl methyl sites for hydroxylation is 1. The first-order valence-electron chi connectivity index (χ1n) is 6.89. The summed E-state index contributed by atoms with van der Waals surface area (Å²) in [6, 6.07) is 5.44. The minimum absolute atomic E-state index is 0.0888. The van der Waals surface area contributed by atoms with Crippen molar-refractivity contribution in [3.63, 3.8) is 0 Å². The van der Waals surface area contributed by atoms with Crippen LogP contribution < -0.4 is 10.1 Å². The third kappa shape index (κ3) is 5.61. The minimum Gasteiger partial charge on any atom is -0.486 e. The Hall–Kier alpha value is -1.99. The van der Waals surface area contributed by atoms with Crippen LogP contribution in [0.25, 0.3) is 0 Å². The maximum absolute atomic E-state index is 11.5. The Balaban J connectivity index is 1.81. The lowest BCUT2D eigenvalue weighted by molar-refractivity contribution is -0.118. The summed E-state index contributed by atoms with van der Waals surface area (Å²) in [7, 11) is 0. The second-order valence-corrected chi connectivity index (χ2v) is 6.00. The highest BCUT2D eigenvalue weighted by Crippen LogP contribution is 2.21. The number of thioether (sulfide) groups is 1. The van der Waals surface area contributed by atoms with E-state index in [4.69, 9.17) is 16.3 Å². The fourth-order valence-corrected chi connectivity index (χ4v) is 2.40. The molecule has 1 amide bonds. The van der Waals surface area contributed by atoms with Crippen LogP contribution in [0.2, 0.25) is 5.02 Å². The van der Waals surface area contributed by atoms with E-state index >= 15 is 0 Å². The van der Waals surface area contributed by atoms with Crippen molar-refractivity contribution >= 4 is 29.3 Å². The first-order chi connectivity index (χ1) is 11.1. The summed E-state index contributed by atoms with van der Waals surface area (Å²) in [6.45, 7) is 6.16. The second-order valence-electron chi connectivity index (χ2n) is 4.65. The SMILES string of the molecule is C=CCNC(=O)CSc1n[nH]c(COc2ccc(Cl)c(C)c2)n1. The molecule has 0 spiro atoms. The molecule has 8 heteroatoms. The van der Waals surface area contributed by atoms with Gasteiger partial charge in [0, 0.05) is 11.6 Å². The number of aromatic nitrogens is 3. The van der Waals surface area contributed by atoms with Gasteiger partial charge in [0.2, 0.25) is 11.1 Å². The molecule has 0 radical (unpaired) electrons. The largest absolute Gasteiger partial charge is 0.486 e. The Bertz CT molecular complexity index is 690. The number of hydrogen-bond donors (Lipinski definition) is 2. The van der Waals surface area contributed by atoms with E-state index in [0.29, 0.717) is 28.3 Å². The summed E-state index contributed by atoms with van der Waals surface area (Å²) in [5.74, 6) is 1.46. The number of nitrogens with one attached hydrogen (secondary N) is 2. The van der Waals surface area contributed by atoms with E-state index in [2.05, 4.69) is 27.1 Å². The Labute approximate surface area is 143 Å². The number of carbonyl (C=O) groups excluding carboxylic acids is 1. The third-order valence-electron chi connectivity index (χ3n) is 2.79. The van der Waals surface area contributed by atoms with Crippen LogP contribution in [0.15, 0.2) is 36.0 Å². The van der Waals surface area contributed by atoms with Gasteiger partial charge in [0.1, 0.15) is 12.4 Å². The molecular weight excluding hydrogens is 336 g/mol. The van der Waals surface area contributed by atoms with E-state index in [1.54, 1.807) is 18.2 Å². The Morgan fingerprint density at radius 2 is 2.39 bits per heavy atom. The highest BCUT2D eigenvalue weighted by molar-refractivity contribution is 7.99. The predicted octanol–water partition coefficient (Wildman–Crippen LogP) is 2.74. The van der Waals surface area contributed by atoms with E-state index in [0.717, 1.165) is 5.56 Å². The number of hydrogen-bond acceptors (Lipinski definition) is 5. The van der Waals surface area contributed by atoms with E-state index in [-0.39, 0.29) is 18.3 Å². The molecule has 23 heavy (non-hydrogen) atoms. The first-order valence-corrected chi connectivity index (χ1v) is 8.25. The molecule has 0 saturated heterocycles. The van der Waals surface area contributed by atoms with Gasteiger partial charge in [0.05, 0.1) is 5.75 Å². The maximum atomic E-state index is 11.5. The average molecular weight is 353 g/mol. The molecule has 122 valence electrons. The monoisotopic (exact) mass is 352 g/mol. The van der Waals surface area contributed by atoms with Gasteiger partial charge >= 0.3 is 0 Å². The minimum atomic E-state index is -0.0888. The molecule has 2 rings (SSSR count). The molecule has 2 aromatic rings. The standard InChI is InChI=1S/C15H17ClN4O2S/c1-3-6-17-14(21)9-23-15-18-13(19-20-15)8-22-11-4-5-12(16)10(2)7-11/h3-5,7H,1,6,8-9H2,2H3,(H,17,21)(H,18,19,20). The van der Waals surface area contributed by atoms with E-state index in [1.807, 2.05) is 13.0 Å². The number of amides is 1. The number of halogens is 1. The van der Waals surface area contributed by atoms with Gasteiger partial charge in [-0.2, -0.15) is 0 Å². The molecule has 1 aromatic heterocycles. The summed E-state index contributed by atoms with van der Waals surface area (Å²) in [6.07, 6.45) is 1.63. The highest BCUT2D eigenvalue weighted by atomic mass is 35.5. The molecule has 0 bridgehead atoms. The maximum Gasteiger partial charge on any atom is 0.230 e. The Morgan fingerprint density at radius 1 is 1.57 bits per heavy atom. The molecule has 0 saturated carbocycles. The Kier molecular flexibility index (Phi) is 6.49. The molecule has 2 N–H and O–H groups in total. The number of rotatable bonds is 8. The molecule has 0 atom stereocenters. The van der Waals surface area contributed by atoms with Crippen molar-refractivity contribution in [2.75, 3.05) is 12.3 Å². The number of carbonyl (C=O) groups is 1. The number of ether oxygens (including phenoxy) is 1. The Morgan fingerprint density at radius 3 is 3.13 bits per heavy atom. The van der Waals surface area contributed by atoms with Gasteiger partial charge in [-0.15, -0.1) is 11.7 Å². The van der Waals surface area contributed by atoms with Gasteiger partial charge in [-0.1, -0.05) is 29.4 Å². The molecule has 0 fully saturated rings. The lowest BCUT2D eigenvalue weighted by atomic mass is 10.2. The van der Waals surface area contributed by atoms with Gasteiger partial charge in [-0.3, -0.25) is 9.89 Å². The van der Waals surface area contributed by atoms with Gasteiger partial charge in [-0.25, -0.2) is 4.98 Å². The van der Waals surface area contributed by atoms with Crippen molar-refractivity contribution in [1.29, 1.82) is 0 Å². The molecule has 0 unspecified atom stereocenters. The number of aromatic amines is 1. The summed E-state index contributed by atoms with van der Waals surface area (Å²) < 4.78 is 5.63. The molecule has 0 aliphatic carbocycles. The van der Waals surface area contributed by atoms with Gasteiger partial charge < -0.3 is 10.1 Å². The van der Waals surface area contributed by atoms with Crippen LogP contribution in [-0.2, 0) is 11.4 Å². The van der Waals surface area contributed by atoms with Crippen LogP contribution >= 0.6 is 23.4 Å². The topological polar surface area (TPSA) is 79.9 Å². The van der Waals surface area contributed by atoms with Crippen LogP contribution in [0.3, 0.4) is 0 Å². The molecule has 0 aliphatic heterocycles. The molecule has 6 nitrogen and oxygen atoms in total. The molecular formula is C15H17ClN4O2S. The lowest BCUT2D eigenvalue weighted by Crippen LogP contribution is -2.24. The zero-order valence-electron chi connectivity index (χ0n) is 12.6. The fraction of sp³-hybridized carbons (Fsp3) is 0.267. The average Bonchev–Trinajstić information content (AvgIpc) is 3.00. The number of benzene rings is 1. The number of nitrogens with zero attached hydrogens (tertiary/aromatic N) is 2. The van der Waals surface area contributed by atoms with Crippen LogP contribution in [-0.4, -0.2) is 33.4 Å². The molecule has 0 aliphatic rings. The lowest BCUT2D eigenvalue weighted by Gasteiger charge is -2.05. The second kappa shape index (κ2) is 8.59. The van der Waals surface area contributed by atoms with E-state index in [9.17, 15) is 4.79 Å². The molecule has 1 aromatic carbocycles. The van der Waals surface area contributed by atoms with Gasteiger partial charge in [0.25, 0.3) is 0 Å². The zero-order valence-corrected chi connectivity index (χ0v) is 14.2. The molecule has 1 heterocycles. The van der Waals surface area contributed by atoms with Crippen molar-refractivity contribution in [3.05, 3.63) is 47.3 Å². The third-order valence-corrected chi connectivity index (χ3v) is 4.06. The smallest absolute Gasteiger partial charge is 0.230 e. The van der Waals surface area contributed by atoms with Crippen molar-refractivity contribution in [3.8, 4) is 5.75 Å². The number of H-pyrrole nitrogens is 1. The van der Waals surface area contributed by atoms with Crippen LogP contribution in [0.5, 0.6) is 5.75 Å². The summed E-state index contributed by atoms with van der Waals surface area (Å²) in [4.78, 5) is 15.7. The first kappa shape index (κ1) is 17.4. The highest BCUT2D eigenvalue weighted by Gasteiger charge is 2.08. The summed E-state index contributed by atoms with van der Waals surface area (Å²) in [5, 5.41) is 10.7. The van der Waals surface area contributed by atoms with Crippen molar-refractivity contribution in [2.45, 2.75) is 18.7 Å². The summed E-state index contributed by atoms with van der Waals surface area (Å²) in [5.41, 5.74) is 0.948. The van der Waals surface area contributed by atoms with Gasteiger partial charge in [-0.05, 0) is 30.7 Å². The van der Waals surface area contributed by atoms with Gasteiger partial charge in [0.15, 0.2) is 5.82 Å². The van der Waals surface area contributed by atoms with Crippen LogP contribution in [0.1, 0.15) is 11.4 Å². The van der Waals surface area contributed by atoms with Crippen molar-refractivity contribution < 1.29 is 9.53 Å². The van der Waals surface area contributed by atoms with Crippen LogP contribution in [0.4, 0.5) is 0 Å². The normalized spacial score (nSPS) is 10.3. The zero-order chi connectivity index (χ0) is 16.7. The van der Waals surface area contributed by atoms with E-state index < -0.39 is 0 Å². The quantitative estimate of drug-likeness (QED) is 0.564. The van der Waals surface area contributed by atoms with Crippen molar-refractivity contribution in [1.82, 2.24) is 20.5 Å². The van der Waals surface area contributed by atoms with Crippen molar-refractivity contribution in [2.24, 2.45) is 0 Å². The van der Waals surface area contributed by atoms with Crippen LogP contribution in [0, 0.1) is 6.92 Å². The predicted molar refractivity (Wildman–Crippen MR) is 90.8 cm³/mol. The van der Waals surface area contributed by atoms with E-state index in [1.165, 1.54) is 11.8 Å². The fourth-order valence-electron chi connectivity index (χ4n) is 1.63.